The Bertz CT molecular complexity index is 2100. The molecule has 0 spiro atoms. The number of carbonyl (C=O) groups is 4. The average molecular weight is 983 g/mol. The van der Waals surface area contributed by atoms with E-state index >= 15 is 0 Å². The van der Waals surface area contributed by atoms with Crippen molar-refractivity contribution in [2.24, 2.45) is 17.6 Å². The lowest BCUT2D eigenvalue weighted by molar-refractivity contribution is 0.0571. The second-order valence-electron chi connectivity index (χ2n) is 13.6. The van der Waals surface area contributed by atoms with Crippen LogP contribution in [0.1, 0.15) is 63.1 Å². The van der Waals surface area contributed by atoms with Gasteiger partial charge in [0, 0.05) is 54.1 Å². The third-order valence-corrected chi connectivity index (χ3v) is 10.3. The minimum Gasteiger partial charge on any atom is -0.438 e. The molecule has 22 heteroatoms. The number of rotatable bonds is 6. The van der Waals surface area contributed by atoms with Gasteiger partial charge in [0.2, 0.25) is 11.1 Å². The average Bonchev–Trinajstić information content (AvgIpc) is 3.24. The van der Waals surface area contributed by atoms with Gasteiger partial charge in [0.25, 0.3) is 0 Å². The van der Waals surface area contributed by atoms with E-state index in [0.29, 0.717) is 5.92 Å². The molecule has 356 valence electrons. The normalized spacial score (nSPS) is 21.5. The van der Waals surface area contributed by atoms with Crippen molar-refractivity contribution in [2.45, 2.75) is 64.5 Å². The number of hydrogen-bond donors (Lipinski definition) is 5. The number of alkyl halides is 3. The summed E-state index contributed by atoms with van der Waals surface area (Å²) in [6.45, 7) is 8.34. The highest BCUT2D eigenvalue weighted by Crippen LogP contribution is 2.50. The van der Waals surface area contributed by atoms with Crippen LogP contribution < -0.4 is 22.2 Å². The molecule has 4 aliphatic carbocycles. The zero-order chi connectivity index (χ0) is 48.6. The smallest absolute Gasteiger partial charge is 0.438 e. The summed E-state index contributed by atoms with van der Waals surface area (Å²) in [6, 6.07) is 6.39. The molecule has 64 heavy (non-hydrogen) atoms. The quantitative estimate of drug-likeness (QED) is 0.0470. The lowest BCUT2D eigenvalue weighted by Crippen LogP contribution is -2.52. The molecule has 0 saturated carbocycles. The number of ether oxygens (including phenoxy) is 7. The highest BCUT2D eigenvalue weighted by Gasteiger charge is 2.47. The topological polar surface area (TPSA) is 257 Å². The van der Waals surface area contributed by atoms with Gasteiger partial charge in [0.05, 0.1) is 32.4 Å². The molecule has 0 aliphatic heterocycles. The molecular formula is C42H56Cl4N4O14. The van der Waals surface area contributed by atoms with Crippen LogP contribution in [0.2, 0.25) is 0 Å². The standard InChI is InChI=1S/C18H22N2O4.C15H18N2O.2C3H5ClO3.C2H2Cl2O2.CH4O/c1-4-13-12-7-11(2)9-18(13,19-10-24-17(22)23-3)14-5-6-16(21)20-15(14)8-12;1-3-11-10-6-9(2)8-15(11,16)12-4-5-14(18)17-13(12)7-10;2*1-6-3(5)7-2-4;3-1-6-2(4)5;1-2/h4-7,12,19H,8-10H2,1-3H3,(H,20,21);3-6,10H,7-8,16H2,1-2H3,(H,17,18);2*2H2,1H3;1H2;2H,1H3/b13-4+;11-3+;;;;. The fourth-order valence-corrected chi connectivity index (χ4v) is 8.25. The van der Waals surface area contributed by atoms with Gasteiger partial charge in [-0.1, -0.05) is 70.3 Å². The highest BCUT2D eigenvalue weighted by molar-refractivity contribution is 6.61. The molecule has 18 nitrogen and oxygen atoms in total. The summed E-state index contributed by atoms with van der Waals surface area (Å²) in [5, 5.41) is 10.4. The van der Waals surface area contributed by atoms with Crippen molar-refractivity contribution in [3.05, 3.63) is 114 Å². The van der Waals surface area contributed by atoms with E-state index in [1.807, 2.05) is 19.1 Å². The monoisotopic (exact) mass is 980 g/mol. The van der Waals surface area contributed by atoms with Crippen LogP contribution in [-0.4, -0.2) is 92.3 Å². The third kappa shape index (κ3) is 16.3. The number of aliphatic hydroxyl groups excluding tert-OH is 1. The predicted octanol–water partition coefficient (Wildman–Crippen LogP) is 7.46. The molecule has 0 fully saturated rings. The molecule has 4 bridgehead atoms. The number of allylic oxidation sites excluding steroid dienone is 4. The Morgan fingerprint density at radius 2 is 1.14 bits per heavy atom. The van der Waals surface area contributed by atoms with Gasteiger partial charge >= 0.3 is 23.9 Å². The van der Waals surface area contributed by atoms with Crippen molar-refractivity contribution in [1.29, 1.82) is 0 Å². The molecule has 6 N–H and O–H groups in total. The maximum absolute atomic E-state index is 11.7. The van der Waals surface area contributed by atoms with Gasteiger partial charge in [-0.2, -0.15) is 0 Å². The number of nitrogens with two attached hydrogens (primary N) is 1. The van der Waals surface area contributed by atoms with Crippen molar-refractivity contribution < 1.29 is 57.4 Å². The van der Waals surface area contributed by atoms with E-state index in [1.54, 1.807) is 12.1 Å². The second kappa shape index (κ2) is 28.9. The summed E-state index contributed by atoms with van der Waals surface area (Å²) in [5.74, 6) is 0.555. The van der Waals surface area contributed by atoms with Crippen LogP contribution in [0.3, 0.4) is 0 Å². The van der Waals surface area contributed by atoms with Gasteiger partial charge in [0.15, 0.2) is 18.2 Å². The van der Waals surface area contributed by atoms with E-state index in [0.717, 1.165) is 55.3 Å². The first-order valence-electron chi connectivity index (χ1n) is 19.2. The van der Waals surface area contributed by atoms with Crippen LogP contribution >= 0.6 is 46.4 Å². The number of nitrogens with one attached hydrogen (secondary N) is 3. The molecule has 6 rings (SSSR count). The van der Waals surface area contributed by atoms with Gasteiger partial charge in [-0.25, -0.2) is 19.2 Å². The number of fused-ring (bicyclic) bond motifs is 8. The van der Waals surface area contributed by atoms with Crippen LogP contribution in [0.4, 0.5) is 19.2 Å². The summed E-state index contributed by atoms with van der Waals surface area (Å²) in [7, 11) is 4.71. The highest BCUT2D eigenvalue weighted by atomic mass is 35.5. The van der Waals surface area contributed by atoms with E-state index in [-0.39, 0.29) is 42.0 Å². The fraction of sp³-hybridized carbons (Fsp3) is 0.476. The van der Waals surface area contributed by atoms with Crippen LogP contribution in [0.15, 0.2) is 80.5 Å². The molecule has 0 saturated heterocycles. The number of halogens is 4. The van der Waals surface area contributed by atoms with E-state index in [9.17, 15) is 28.8 Å². The first kappa shape index (κ1) is 57.2. The summed E-state index contributed by atoms with van der Waals surface area (Å²) in [4.78, 5) is 69.6. The number of aromatic nitrogens is 2. The Balaban J connectivity index is 0.000000447. The molecule has 0 radical (unpaired) electrons. The van der Waals surface area contributed by atoms with Gasteiger partial charge in [-0.15, -0.1) is 0 Å². The Morgan fingerprint density at radius 3 is 1.55 bits per heavy atom. The zero-order valence-electron chi connectivity index (χ0n) is 36.8. The summed E-state index contributed by atoms with van der Waals surface area (Å²) in [5.41, 5.74) is 13.9. The third-order valence-electron chi connectivity index (χ3n) is 9.87. The van der Waals surface area contributed by atoms with Gasteiger partial charge < -0.3 is 54.0 Å². The lowest BCUT2D eigenvalue weighted by Gasteiger charge is -2.48. The molecule has 2 aromatic heterocycles. The number of pyridine rings is 2. The van der Waals surface area contributed by atoms with Crippen molar-refractivity contribution >= 4 is 70.3 Å². The Labute approximate surface area is 391 Å². The zero-order valence-corrected chi connectivity index (χ0v) is 39.8. The van der Waals surface area contributed by atoms with Gasteiger partial charge in [-0.05, 0) is 87.8 Å². The first-order valence-corrected chi connectivity index (χ1v) is 21.2. The number of H-pyrrole nitrogens is 2. The molecule has 4 unspecified atom stereocenters. The van der Waals surface area contributed by atoms with Crippen molar-refractivity contribution in [3.8, 4) is 0 Å². The van der Waals surface area contributed by atoms with Crippen molar-refractivity contribution in [1.82, 2.24) is 15.3 Å². The maximum Gasteiger partial charge on any atom is 0.509 e. The number of carbonyl (C=O) groups excluding carboxylic acids is 4. The largest absolute Gasteiger partial charge is 0.509 e. The Morgan fingerprint density at radius 1 is 0.719 bits per heavy atom. The number of hydrogen-bond acceptors (Lipinski definition) is 16. The van der Waals surface area contributed by atoms with E-state index < -0.39 is 35.0 Å². The molecule has 2 aromatic rings. The number of aromatic amines is 2. The summed E-state index contributed by atoms with van der Waals surface area (Å²) in [6.07, 6.45) is 9.77. The van der Waals surface area contributed by atoms with E-state index in [2.05, 4.69) is 100 Å². The lowest BCUT2D eigenvalue weighted by atomic mass is 9.63. The van der Waals surface area contributed by atoms with E-state index in [4.69, 9.17) is 50.4 Å². The van der Waals surface area contributed by atoms with E-state index in [1.165, 1.54) is 43.6 Å². The minimum atomic E-state index is -0.870. The minimum absolute atomic E-state index is 0.0303. The molecule has 4 atom stereocenters. The van der Waals surface area contributed by atoms with Gasteiger partial charge in [0.1, 0.15) is 6.73 Å². The summed E-state index contributed by atoms with van der Waals surface area (Å²) < 4.78 is 29.8. The predicted molar refractivity (Wildman–Crippen MR) is 241 cm³/mol. The molecular weight excluding hydrogens is 926 g/mol. The van der Waals surface area contributed by atoms with Crippen LogP contribution in [0.25, 0.3) is 0 Å². The Kier molecular flexibility index (Phi) is 25.8. The second-order valence-corrected chi connectivity index (χ2v) is 14.6. The number of methoxy groups -OCH3 is 3. The summed E-state index contributed by atoms with van der Waals surface area (Å²) >= 11 is 19.4. The molecule has 0 aromatic carbocycles. The van der Waals surface area contributed by atoms with Gasteiger partial charge in [-0.3, -0.25) is 14.9 Å². The maximum atomic E-state index is 11.7. The van der Waals surface area contributed by atoms with Crippen molar-refractivity contribution in [2.75, 3.05) is 53.4 Å². The van der Waals surface area contributed by atoms with Crippen LogP contribution in [0, 0.1) is 11.8 Å². The Hall–Kier alpha value is -4.82. The van der Waals surface area contributed by atoms with Crippen molar-refractivity contribution in [3.63, 3.8) is 0 Å². The molecule has 0 amide bonds. The SMILES string of the molecule is C/C=C1\C2C=C(C)CC1(N)c1ccc(=O)[nH]c1C2.C/C=C1\C2C=C(C)CC1(NCOC(=O)OC)c1ccc(=O)[nH]c1C2.CO.COC(=O)OCCl.COC(=O)OCCl.O=C(Cl)OCCl. The molecule has 2 heterocycles. The van der Waals surface area contributed by atoms with Crippen LogP contribution in [-0.2, 0) is 57.1 Å². The number of aliphatic hydroxyl groups is 1. The van der Waals surface area contributed by atoms with Crippen LogP contribution in [0.5, 0.6) is 0 Å². The fourth-order valence-electron chi connectivity index (χ4n) is 7.87. The first-order chi connectivity index (χ1) is 30.4. The molecule has 4 aliphatic rings.